The van der Waals surface area contributed by atoms with Crippen molar-refractivity contribution in [3.8, 4) is 0 Å². The molecule has 0 spiro atoms. The van der Waals surface area contributed by atoms with Gasteiger partial charge in [-0.25, -0.2) is 9.13 Å². The molecule has 3 aromatic rings. The third-order valence-electron chi connectivity index (χ3n) is 3.99. The molecule has 26 heavy (non-hydrogen) atoms. The molecule has 0 unspecified atom stereocenters. The summed E-state index contributed by atoms with van der Waals surface area (Å²) >= 11 is 0. The number of pyridine rings is 1. The van der Waals surface area contributed by atoms with Crippen LogP contribution in [0.2, 0.25) is 0 Å². The van der Waals surface area contributed by atoms with E-state index in [1.54, 1.807) is 24.5 Å². The fourth-order valence-corrected chi connectivity index (χ4v) is 2.64. The Hall–Kier alpha value is -2.44. The summed E-state index contributed by atoms with van der Waals surface area (Å²) in [5.41, 5.74) is 2.68. The standard InChI is InChI=1S/C19H22N4O2.ClH/c1-2-3-11-25-15-23-14-22(17-8-4-5-9-18(17)23)13-21-19(24)16-7-6-10-20-12-16;/h4-10,12,14H,2-3,11,13,15H2,1H3;1H. The van der Waals surface area contributed by atoms with Gasteiger partial charge in [-0.15, -0.1) is 0 Å². The lowest BCUT2D eigenvalue weighted by molar-refractivity contribution is -0.675. The average molecular weight is 375 g/mol. The van der Waals surface area contributed by atoms with Crippen molar-refractivity contribution in [3.63, 3.8) is 0 Å². The number of ether oxygens (including phenoxy) is 1. The maximum absolute atomic E-state index is 12.2. The number of unbranched alkanes of at least 4 members (excludes halogenated alkanes) is 1. The highest BCUT2D eigenvalue weighted by Crippen LogP contribution is 2.10. The second kappa shape index (κ2) is 9.89. The summed E-state index contributed by atoms with van der Waals surface area (Å²) in [6.07, 6.45) is 7.36. The Kier molecular flexibility index (Phi) is 7.56. The van der Waals surface area contributed by atoms with Crippen LogP contribution in [0.5, 0.6) is 0 Å². The monoisotopic (exact) mass is 374 g/mol. The van der Waals surface area contributed by atoms with Crippen LogP contribution in [-0.4, -0.2) is 22.1 Å². The normalized spacial score (nSPS) is 10.5. The molecule has 0 saturated carbocycles. The molecule has 138 valence electrons. The lowest BCUT2D eigenvalue weighted by Gasteiger charge is -2.02. The summed E-state index contributed by atoms with van der Waals surface area (Å²) in [6, 6.07) is 11.6. The zero-order valence-electron chi connectivity index (χ0n) is 14.8. The minimum atomic E-state index is -0.142. The highest BCUT2D eigenvalue weighted by atomic mass is 35.5. The van der Waals surface area contributed by atoms with E-state index in [9.17, 15) is 4.79 Å². The van der Waals surface area contributed by atoms with Gasteiger partial charge in [0.05, 0.1) is 12.2 Å². The molecule has 0 radical (unpaired) electrons. The third kappa shape index (κ3) is 4.80. The molecule has 0 aliphatic heterocycles. The fraction of sp³-hybridized carbons (Fsp3) is 0.316. The van der Waals surface area contributed by atoms with Gasteiger partial charge >= 0.3 is 0 Å². The fourth-order valence-electron chi connectivity index (χ4n) is 2.64. The van der Waals surface area contributed by atoms with Crippen molar-refractivity contribution in [3.05, 3.63) is 60.7 Å². The van der Waals surface area contributed by atoms with Gasteiger partial charge < -0.3 is 22.5 Å². The Morgan fingerprint density at radius 1 is 1.27 bits per heavy atom. The summed E-state index contributed by atoms with van der Waals surface area (Å²) in [7, 11) is 0. The number of carbonyl (C=O) groups excluding carboxylic acids is 1. The van der Waals surface area contributed by atoms with Crippen molar-refractivity contribution in [1.82, 2.24) is 14.9 Å². The summed E-state index contributed by atoms with van der Waals surface area (Å²) < 4.78 is 9.79. The number of imidazole rings is 1. The van der Waals surface area contributed by atoms with Gasteiger partial charge in [0.15, 0.2) is 24.4 Å². The van der Waals surface area contributed by atoms with Crippen LogP contribution in [-0.2, 0) is 18.1 Å². The van der Waals surface area contributed by atoms with E-state index in [4.69, 9.17) is 4.74 Å². The summed E-state index contributed by atoms with van der Waals surface area (Å²) in [5, 5.41) is 2.93. The van der Waals surface area contributed by atoms with Gasteiger partial charge in [0.25, 0.3) is 5.91 Å². The smallest absolute Gasteiger partial charge is 0.255 e. The van der Waals surface area contributed by atoms with Gasteiger partial charge in [-0.05, 0) is 30.7 Å². The number of carbonyl (C=O) groups is 1. The van der Waals surface area contributed by atoms with Crippen LogP contribution in [0.15, 0.2) is 55.1 Å². The van der Waals surface area contributed by atoms with Gasteiger partial charge in [0, 0.05) is 12.4 Å². The van der Waals surface area contributed by atoms with E-state index >= 15 is 0 Å². The number of halogens is 1. The van der Waals surface area contributed by atoms with Crippen LogP contribution >= 0.6 is 0 Å². The maximum Gasteiger partial charge on any atom is 0.255 e. The third-order valence-corrected chi connectivity index (χ3v) is 3.99. The first-order valence-electron chi connectivity index (χ1n) is 8.53. The SMILES string of the molecule is CCCCOCn1c[n+](CNC(=O)c2cccnc2)c2ccccc21.[Cl-]. The first-order chi connectivity index (χ1) is 12.3. The highest BCUT2D eigenvalue weighted by Gasteiger charge is 2.16. The minimum Gasteiger partial charge on any atom is -1.00 e. The molecular formula is C19H23ClN4O2. The van der Waals surface area contributed by atoms with E-state index in [0.29, 0.717) is 19.0 Å². The second-order valence-electron chi connectivity index (χ2n) is 5.84. The summed E-state index contributed by atoms with van der Waals surface area (Å²) in [4.78, 5) is 16.2. The maximum atomic E-state index is 12.2. The van der Waals surface area contributed by atoms with Crippen LogP contribution in [0.3, 0.4) is 0 Å². The minimum absolute atomic E-state index is 0. The molecule has 0 fully saturated rings. The molecule has 6 nitrogen and oxygen atoms in total. The highest BCUT2D eigenvalue weighted by molar-refractivity contribution is 5.93. The van der Waals surface area contributed by atoms with Crippen molar-refractivity contribution in [1.29, 1.82) is 0 Å². The Bertz CT molecular complexity index is 836. The largest absolute Gasteiger partial charge is 1.00 e. The predicted molar refractivity (Wildman–Crippen MR) is 94.7 cm³/mol. The van der Waals surface area contributed by atoms with E-state index in [1.807, 2.05) is 29.1 Å². The van der Waals surface area contributed by atoms with Crippen molar-refractivity contribution in [2.24, 2.45) is 0 Å². The number of rotatable bonds is 8. The van der Waals surface area contributed by atoms with Crippen LogP contribution in [0.4, 0.5) is 0 Å². The van der Waals surface area contributed by atoms with Gasteiger partial charge in [-0.1, -0.05) is 25.5 Å². The molecule has 3 rings (SSSR count). The van der Waals surface area contributed by atoms with Gasteiger partial charge in [-0.2, -0.15) is 0 Å². The number of nitrogens with one attached hydrogen (secondary N) is 1. The molecule has 2 heterocycles. The van der Waals surface area contributed by atoms with Crippen molar-refractivity contribution in [2.45, 2.75) is 33.2 Å². The number of amides is 1. The zero-order chi connectivity index (χ0) is 17.5. The van der Waals surface area contributed by atoms with Gasteiger partial charge in [0.2, 0.25) is 6.33 Å². The second-order valence-corrected chi connectivity index (χ2v) is 5.84. The number of hydrogen-bond acceptors (Lipinski definition) is 3. The summed E-state index contributed by atoms with van der Waals surface area (Å²) in [5.74, 6) is -0.142. The van der Waals surface area contributed by atoms with Crippen LogP contribution in [0, 0.1) is 0 Å². The number of fused-ring (bicyclic) bond motifs is 1. The summed E-state index contributed by atoms with van der Waals surface area (Å²) in [6.45, 7) is 3.79. The van der Waals surface area contributed by atoms with Crippen molar-refractivity contribution < 1.29 is 26.5 Å². The van der Waals surface area contributed by atoms with E-state index in [0.717, 1.165) is 30.5 Å². The molecule has 0 atom stereocenters. The van der Waals surface area contributed by atoms with E-state index < -0.39 is 0 Å². The molecule has 2 aromatic heterocycles. The topological polar surface area (TPSA) is 60.0 Å². The number of aromatic nitrogens is 3. The molecule has 1 amide bonds. The quantitative estimate of drug-likeness (QED) is 0.427. The molecule has 0 aliphatic rings. The van der Waals surface area contributed by atoms with E-state index in [1.165, 1.54) is 0 Å². The first-order valence-corrected chi connectivity index (χ1v) is 8.53. The number of nitrogens with zero attached hydrogens (tertiary/aromatic N) is 3. The Balaban J connectivity index is 0.00000243. The van der Waals surface area contributed by atoms with Crippen molar-refractivity contribution in [2.75, 3.05) is 6.61 Å². The molecule has 0 aliphatic carbocycles. The van der Waals surface area contributed by atoms with E-state index in [2.05, 4.69) is 27.9 Å². The number of benzene rings is 1. The van der Waals surface area contributed by atoms with Crippen molar-refractivity contribution >= 4 is 16.9 Å². The number of hydrogen-bond donors (Lipinski definition) is 1. The van der Waals surface area contributed by atoms with Crippen LogP contribution in [0.25, 0.3) is 11.0 Å². The zero-order valence-corrected chi connectivity index (χ0v) is 15.5. The van der Waals surface area contributed by atoms with Gasteiger partial charge in [-0.3, -0.25) is 9.78 Å². The molecule has 1 aromatic carbocycles. The van der Waals surface area contributed by atoms with E-state index in [-0.39, 0.29) is 18.3 Å². The number of para-hydroxylation sites is 2. The Morgan fingerprint density at radius 2 is 2.12 bits per heavy atom. The molecule has 0 bridgehead atoms. The lowest BCUT2D eigenvalue weighted by atomic mass is 10.3. The van der Waals surface area contributed by atoms with Crippen LogP contribution in [0.1, 0.15) is 30.1 Å². The Labute approximate surface area is 159 Å². The predicted octanol–water partition coefficient (Wildman–Crippen LogP) is -0.510. The lowest BCUT2D eigenvalue weighted by Crippen LogP contribution is -3.00. The molecule has 1 N–H and O–H groups in total. The van der Waals surface area contributed by atoms with Gasteiger partial charge in [0.1, 0.15) is 0 Å². The molecular weight excluding hydrogens is 352 g/mol. The Morgan fingerprint density at radius 3 is 2.88 bits per heavy atom. The first kappa shape index (κ1) is 19.9. The molecule has 0 saturated heterocycles. The van der Waals surface area contributed by atoms with Crippen LogP contribution < -0.4 is 22.3 Å². The average Bonchev–Trinajstić information content (AvgIpc) is 3.02. The molecule has 7 heteroatoms.